The Hall–Kier alpha value is -3.39. The number of unbranched alkanes of at least 4 members (excludes halogenated alkanes) is 1. The van der Waals surface area contributed by atoms with Crippen LogP contribution in [0.4, 0.5) is 13.2 Å². The molecule has 1 unspecified atom stereocenters. The summed E-state index contributed by atoms with van der Waals surface area (Å²) in [7, 11) is 0. The quantitative estimate of drug-likeness (QED) is 0.236. The van der Waals surface area contributed by atoms with E-state index in [2.05, 4.69) is 17.3 Å². The van der Waals surface area contributed by atoms with Gasteiger partial charge in [-0.05, 0) is 68.4 Å². The average molecular weight is 526 g/mol. The SMILES string of the molecule is CCC(CCCCc1cn(-c2ccc(F)cc2F)nc1C(=O)N[C@@H]1C(C)=CC[C@@H]1O)Cc1cccc(F)c1. The molecular formula is C30H34F3N3O2. The second-order valence-electron chi connectivity index (χ2n) is 10.1. The molecule has 5 nitrogen and oxygen atoms in total. The Morgan fingerprint density at radius 2 is 1.95 bits per heavy atom. The van der Waals surface area contributed by atoms with Crippen molar-refractivity contribution in [3.05, 3.63) is 94.6 Å². The van der Waals surface area contributed by atoms with Crippen molar-refractivity contribution < 1.29 is 23.1 Å². The maximum atomic E-state index is 14.5. The number of aryl methyl sites for hydroxylation is 1. The molecule has 1 amide bonds. The van der Waals surface area contributed by atoms with Crippen LogP contribution in [0.3, 0.4) is 0 Å². The number of aliphatic hydroxyl groups excluding tert-OH is 1. The molecule has 38 heavy (non-hydrogen) atoms. The highest BCUT2D eigenvalue weighted by Crippen LogP contribution is 2.24. The lowest BCUT2D eigenvalue weighted by atomic mass is 9.91. The van der Waals surface area contributed by atoms with Crippen LogP contribution in [0, 0.1) is 23.4 Å². The molecule has 1 aliphatic rings. The smallest absolute Gasteiger partial charge is 0.272 e. The van der Waals surface area contributed by atoms with Crippen LogP contribution in [-0.2, 0) is 12.8 Å². The Morgan fingerprint density at radius 3 is 2.63 bits per heavy atom. The number of carbonyl (C=O) groups excluding carboxylic acids is 1. The van der Waals surface area contributed by atoms with Crippen LogP contribution in [0.15, 0.2) is 60.3 Å². The average Bonchev–Trinajstić information content (AvgIpc) is 3.44. The van der Waals surface area contributed by atoms with Gasteiger partial charge in [0, 0.05) is 17.8 Å². The maximum Gasteiger partial charge on any atom is 0.272 e. The molecule has 0 fully saturated rings. The van der Waals surface area contributed by atoms with Crippen LogP contribution in [-0.4, -0.2) is 32.9 Å². The van der Waals surface area contributed by atoms with E-state index in [4.69, 9.17) is 0 Å². The van der Waals surface area contributed by atoms with E-state index in [9.17, 15) is 23.1 Å². The molecule has 2 aromatic carbocycles. The zero-order valence-corrected chi connectivity index (χ0v) is 21.8. The van der Waals surface area contributed by atoms with Crippen LogP contribution >= 0.6 is 0 Å². The summed E-state index contributed by atoms with van der Waals surface area (Å²) in [5, 5.41) is 17.5. The van der Waals surface area contributed by atoms with E-state index in [1.807, 2.05) is 19.1 Å². The van der Waals surface area contributed by atoms with E-state index in [1.165, 1.54) is 16.8 Å². The van der Waals surface area contributed by atoms with Crippen molar-refractivity contribution in [2.24, 2.45) is 5.92 Å². The highest BCUT2D eigenvalue weighted by Gasteiger charge is 2.29. The first kappa shape index (κ1) is 27.6. The van der Waals surface area contributed by atoms with E-state index in [-0.39, 0.29) is 17.2 Å². The van der Waals surface area contributed by atoms with E-state index < -0.39 is 29.7 Å². The van der Waals surface area contributed by atoms with Gasteiger partial charge < -0.3 is 10.4 Å². The molecule has 0 bridgehead atoms. The van der Waals surface area contributed by atoms with Gasteiger partial charge >= 0.3 is 0 Å². The maximum absolute atomic E-state index is 14.5. The molecule has 202 valence electrons. The molecule has 3 aromatic rings. The molecule has 1 heterocycles. The number of amides is 1. The Bertz CT molecular complexity index is 1300. The van der Waals surface area contributed by atoms with Crippen LogP contribution < -0.4 is 5.32 Å². The molecule has 3 atom stereocenters. The fraction of sp³-hybridized carbons (Fsp3) is 0.400. The van der Waals surface area contributed by atoms with Gasteiger partial charge in [0.25, 0.3) is 5.91 Å². The monoisotopic (exact) mass is 525 g/mol. The van der Waals surface area contributed by atoms with E-state index in [0.717, 1.165) is 55.4 Å². The molecule has 0 spiro atoms. The zero-order valence-electron chi connectivity index (χ0n) is 21.8. The van der Waals surface area contributed by atoms with Gasteiger partial charge in [-0.3, -0.25) is 4.79 Å². The van der Waals surface area contributed by atoms with Crippen molar-refractivity contribution in [2.75, 3.05) is 0 Å². The number of nitrogens with one attached hydrogen (secondary N) is 1. The van der Waals surface area contributed by atoms with Gasteiger partial charge in [-0.2, -0.15) is 5.10 Å². The second-order valence-corrected chi connectivity index (χ2v) is 10.1. The number of carbonyl (C=O) groups is 1. The number of benzene rings is 2. The minimum Gasteiger partial charge on any atom is -0.390 e. The van der Waals surface area contributed by atoms with Crippen LogP contribution in [0.2, 0.25) is 0 Å². The normalized spacial score (nSPS) is 17.9. The molecule has 0 radical (unpaired) electrons. The van der Waals surface area contributed by atoms with Gasteiger partial charge in [-0.15, -0.1) is 0 Å². The van der Waals surface area contributed by atoms with Crippen molar-refractivity contribution in [3.8, 4) is 5.69 Å². The summed E-state index contributed by atoms with van der Waals surface area (Å²) >= 11 is 0. The van der Waals surface area contributed by atoms with Crippen LogP contribution in [0.1, 0.15) is 67.6 Å². The number of hydrogen-bond acceptors (Lipinski definition) is 3. The number of aromatic nitrogens is 2. The van der Waals surface area contributed by atoms with Gasteiger partial charge in [0.2, 0.25) is 0 Å². The van der Waals surface area contributed by atoms with Crippen molar-refractivity contribution >= 4 is 5.91 Å². The van der Waals surface area contributed by atoms with Crippen molar-refractivity contribution in [1.82, 2.24) is 15.1 Å². The molecule has 0 saturated heterocycles. The Labute approximate surface area is 221 Å². The number of hydrogen-bond donors (Lipinski definition) is 2. The first-order chi connectivity index (χ1) is 18.2. The van der Waals surface area contributed by atoms with Gasteiger partial charge in [0.15, 0.2) is 11.5 Å². The van der Waals surface area contributed by atoms with Gasteiger partial charge in [0.1, 0.15) is 17.3 Å². The molecule has 1 aromatic heterocycles. The lowest BCUT2D eigenvalue weighted by Crippen LogP contribution is -2.42. The summed E-state index contributed by atoms with van der Waals surface area (Å²) in [6, 6.07) is 9.40. The minimum atomic E-state index is -0.779. The predicted molar refractivity (Wildman–Crippen MR) is 141 cm³/mol. The number of halogens is 3. The summed E-state index contributed by atoms with van der Waals surface area (Å²) < 4.78 is 42.8. The van der Waals surface area contributed by atoms with Gasteiger partial charge in [-0.25, -0.2) is 17.9 Å². The second kappa shape index (κ2) is 12.4. The third-order valence-electron chi connectivity index (χ3n) is 7.30. The summed E-state index contributed by atoms with van der Waals surface area (Å²) in [6.07, 6.45) is 8.22. The van der Waals surface area contributed by atoms with Gasteiger partial charge in [-0.1, -0.05) is 50.0 Å². The third kappa shape index (κ3) is 6.72. The molecule has 1 aliphatic carbocycles. The topological polar surface area (TPSA) is 67.2 Å². The molecule has 4 rings (SSSR count). The minimum absolute atomic E-state index is 0.0461. The summed E-state index contributed by atoms with van der Waals surface area (Å²) in [5.41, 5.74) is 2.72. The first-order valence-electron chi connectivity index (χ1n) is 13.2. The predicted octanol–water partition coefficient (Wildman–Crippen LogP) is 6.08. The number of nitrogens with zero attached hydrogens (tertiary/aromatic N) is 2. The fourth-order valence-corrected chi connectivity index (χ4v) is 5.06. The number of aliphatic hydroxyl groups is 1. The van der Waals surface area contributed by atoms with Crippen LogP contribution in [0.25, 0.3) is 5.69 Å². The summed E-state index contributed by atoms with van der Waals surface area (Å²) in [5.74, 6) is -1.74. The molecular weight excluding hydrogens is 491 g/mol. The molecule has 8 heteroatoms. The Morgan fingerprint density at radius 1 is 1.16 bits per heavy atom. The Kier molecular flexibility index (Phi) is 9.05. The van der Waals surface area contributed by atoms with Gasteiger partial charge in [0.05, 0.1) is 12.1 Å². The zero-order chi connectivity index (χ0) is 27.2. The lowest BCUT2D eigenvalue weighted by Gasteiger charge is -2.18. The van der Waals surface area contributed by atoms with E-state index >= 15 is 0 Å². The Balaban J connectivity index is 1.46. The molecule has 0 aliphatic heterocycles. The van der Waals surface area contributed by atoms with Crippen molar-refractivity contribution in [2.45, 2.75) is 70.9 Å². The number of rotatable bonds is 11. The fourth-order valence-electron chi connectivity index (χ4n) is 5.06. The highest BCUT2D eigenvalue weighted by molar-refractivity contribution is 5.94. The van der Waals surface area contributed by atoms with Crippen LogP contribution in [0.5, 0.6) is 0 Å². The van der Waals surface area contributed by atoms with E-state index in [1.54, 1.807) is 18.3 Å². The molecule has 2 N–H and O–H groups in total. The first-order valence-corrected chi connectivity index (χ1v) is 13.2. The standard InChI is InChI=1S/C30H34F3N3O2/c1-3-20(15-21-8-6-10-23(31)16-21)7-4-5-9-22-18-36(26-13-12-24(32)17-25(26)33)35-29(22)30(38)34-28-19(2)11-14-27(28)37/h6,8,10-13,16-18,20,27-28,37H,3-5,7,9,14-15H2,1-2H3,(H,34,38)/t20?,27-,28+/m0/s1. The summed E-state index contributed by atoms with van der Waals surface area (Å²) in [6.45, 7) is 3.98. The molecule has 0 saturated carbocycles. The third-order valence-corrected chi connectivity index (χ3v) is 7.30. The highest BCUT2D eigenvalue weighted by atomic mass is 19.1. The lowest BCUT2D eigenvalue weighted by molar-refractivity contribution is 0.0877. The van der Waals surface area contributed by atoms with E-state index in [0.29, 0.717) is 24.3 Å². The van der Waals surface area contributed by atoms with Crippen molar-refractivity contribution in [1.29, 1.82) is 0 Å². The summed E-state index contributed by atoms with van der Waals surface area (Å²) in [4.78, 5) is 13.2. The largest absolute Gasteiger partial charge is 0.390 e. The van der Waals surface area contributed by atoms with Crippen molar-refractivity contribution in [3.63, 3.8) is 0 Å².